The molecule has 19 heavy (non-hydrogen) atoms. The molecule has 0 heterocycles. The molecule has 100 valence electrons. The molecule has 0 spiro atoms. The van der Waals surface area contributed by atoms with Crippen molar-refractivity contribution in [2.75, 3.05) is 7.05 Å². The van der Waals surface area contributed by atoms with Crippen LogP contribution in [0.15, 0.2) is 30.3 Å². The lowest BCUT2D eigenvalue weighted by Crippen LogP contribution is -2.05. The van der Waals surface area contributed by atoms with E-state index in [1.165, 1.54) is 0 Å². The molecule has 0 aliphatic heterocycles. The second-order valence-corrected chi connectivity index (χ2v) is 4.90. The molecule has 0 saturated carbocycles. The fraction of sp³-hybridized carbons (Fsp3) is 0.143. The first-order valence-electron chi connectivity index (χ1n) is 5.61. The number of hydrogen-bond donors (Lipinski definition) is 1. The molecule has 0 bridgehead atoms. The van der Waals surface area contributed by atoms with Crippen molar-refractivity contribution in [1.82, 2.24) is 5.32 Å². The highest BCUT2D eigenvalue weighted by Crippen LogP contribution is 2.32. The van der Waals surface area contributed by atoms with Gasteiger partial charge >= 0.3 is 0 Å². The first-order valence-corrected chi connectivity index (χ1v) is 6.36. The SMILES string of the molecule is CNCc1ccc(-c2cc(F)c(F)cc2Cl)cc1Cl. The fourth-order valence-electron chi connectivity index (χ4n) is 1.79. The maximum absolute atomic E-state index is 13.3. The maximum atomic E-state index is 13.3. The molecule has 1 N–H and O–H groups in total. The third kappa shape index (κ3) is 3.06. The van der Waals surface area contributed by atoms with Crippen molar-refractivity contribution in [2.45, 2.75) is 6.54 Å². The minimum absolute atomic E-state index is 0.149. The molecule has 0 saturated heterocycles. The van der Waals surface area contributed by atoms with Crippen LogP contribution in [0.4, 0.5) is 8.78 Å². The van der Waals surface area contributed by atoms with Crippen LogP contribution in [0.3, 0.4) is 0 Å². The average molecular weight is 302 g/mol. The van der Waals surface area contributed by atoms with Crippen LogP contribution in [0.5, 0.6) is 0 Å². The summed E-state index contributed by atoms with van der Waals surface area (Å²) in [5, 5.41) is 3.69. The Morgan fingerprint density at radius 1 is 1.00 bits per heavy atom. The molecule has 0 aliphatic carbocycles. The lowest BCUT2D eigenvalue weighted by atomic mass is 10.0. The molecule has 2 aromatic rings. The first kappa shape index (κ1) is 14.3. The smallest absolute Gasteiger partial charge is 0.160 e. The van der Waals surface area contributed by atoms with Crippen LogP contribution in [-0.2, 0) is 6.54 Å². The van der Waals surface area contributed by atoms with Crippen LogP contribution in [0.1, 0.15) is 5.56 Å². The van der Waals surface area contributed by atoms with Gasteiger partial charge in [-0.05, 0) is 36.4 Å². The topological polar surface area (TPSA) is 12.0 Å². The van der Waals surface area contributed by atoms with Crippen LogP contribution < -0.4 is 5.32 Å². The van der Waals surface area contributed by atoms with Gasteiger partial charge in [0, 0.05) is 17.1 Å². The van der Waals surface area contributed by atoms with E-state index in [1.54, 1.807) is 12.1 Å². The van der Waals surface area contributed by atoms with Gasteiger partial charge in [0.25, 0.3) is 0 Å². The third-order valence-corrected chi connectivity index (χ3v) is 3.41. The molecule has 2 rings (SSSR count). The number of nitrogens with one attached hydrogen (secondary N) is 1. The summed E-state index contributed by atoms with van der Waals surface area (Å²) in [6.07, 6.45) is 0. The third-order valence-electron chi connectivity index (χ3n) is 2.74. The predicted octanol–water partition coefficient (Wildman–Crippen LogP) is 4.66. The minimum atomic E-state index is -0.966. The lowest BCUT2D eigenvalue weighted by molar-refractivity contribution is 0.509. The van der Waals surface area contributed by atoms with Crippen molar-refractivity contribution in [3.05, 3.63) is 57.6 Å². The molecule has 0 unspecified atom stereocenters. The minimum Gasteiger partial charge on any atom is -0.316 e. The van der Waals surface area contributed by atoms with Gasteiger partial charge in [-0.3, -0.25) is 0 Å². The highest BCUT2D eigenvalue weighted by Gasteiger charge is 2.11. The van der Waals surface area contributed by atoms with Crippen LogP contribution in [-0.4, -0.2) is 7.05 Å². The number of hydrogen-bond acceptors (Lipinski definition) is 1. The van der Waals surface area contributed by atoms with E-state index in [0.29, 0.717) is 22.7 Å². The summed E-state index contributed by atoms with van der Waals surface area (Å²) >= 11 is 12.1. The highest BCUT2D eigenvalue weighted by atomic mass is 35.5. The van der Waals surface area contributed by atoms with E-state index in [9.17, 15) is 8.78 Å². The van der Waals surface area contributed by atoms with Crippen LogP contribution in [0.25, 0.3) is 11.1 Å². The van der Waals surface area contributed by atoms with Crippen molar-refractivity contribution in [2.24, 2.45) is 0 Å². The fourth-order valence-corrected chi connectivity index (χ4v) is 2.30. The number of halogens is 4. The molecule has 0 aromatic heterocycles. The van der Waals surface area contributed by atoms with E-state index < -0.39 is 11.6 Å². The van der Waals surface area contributed by atoms with Gasteiger partial charge in [-0.25, -0.2) is 8.78 Å². The van der Waals surface area contributed by atoms with E-state index in [2.05, 4.69) is 5.32 Å². The van der Waals surface area contributed by atoms with Gasteiger partial charge in [-0.2, -0.15) is 0 Å². The average Bonchev–Trinajstić information content (AvgIpc) is 2.36. The van der Waals surface area contributed by atoms with Crippen LogP contribution in [0, 0.1) is 11.6 Å². The number of benzene rings is 2. The normalized spacial score (nSPS) is 10.8. The molecule has 5 heteroatoms. The summed E-state index contributed by atoms with van der Waals surface area (Å²) in [6.45, 7) is 0.630. The van der Waals surface area contributed by atoms with Crippen molar-refractivity contribution in [3.8, 4) is 11.1 Å². The predicted molar refractivity (Wildman–Crippen MR) is 74.6 cm³/mol. The summed E-state index contributed by atoms with van der Waals surface area (Å²) in [5.41, 5.74) is 1.99. The first-order chi connectivity index (χ1) is 9.02. The summed E-state index contributed by atoms with van der Waals surface area (Å²) < 4.78 is 26.3. The molecule has 2 aromatic carbocycles. The zero-order chi connectivity index (χ0) is 14.0. The van der Waals surface area contributed by atoms with Gasteiger partial charge in [0.05, 0.1) is 5.02 Å². The van der Waals surface area contributed by atoms with Crippen LogP contribution >= 0.6 is 23.2 Å². The summed E-state index contributed by atoms with van der Waals surface area (Å²) in [7, 11) is 1.82. The van der Waals surface area contributed by atoms with E-state index in [1.807, 2.05) is 13.1 Å². The monoisotopic (exact) mass is 301 g/mol. The molecule has 0 radical (unpaired) electrons. The zero-order valence-corrected chi connectivity index (χ0v) is 11.6. The Morgan fingerprint density at radius 2 is 1.68 bits per heavy atom. The molecule has 0 aliphatic rings. The van der Waals surface area contributed by atoms with Gasteiger partial charge in [-0.1, -0.05) is 35.3 Å². The largest absolute Gasteiger partial charge is 0.316 e. The van der Waals surface area contributed by atoms with Gasteiger partial charge in [-0.15, -0.1) is 0 Å². The molecule has 0 amide bonds. The van der Waals surface area contributed by atoms with Crippen molar-refractivity contribution >= 4 is 23.2 Å². The van der Waals surface area contributed by atoms with Gasteiger partial charge in [0.2, 0.25) is 0 Å². The molecule has 0 fully saturated rings. The van der Waals surface area contributed by atoms with E-state index in [4.69, 9.17) is 23.2 Å². The van der Waals surface area contributed by atoms with E-state index >= 15 is 0 Å². The molecular formula is C14H11Cl2F2N. The second kappa shape index (κ2) is 5.87. The number of rotatable bonds is 3. The Hall–Kier alpha value is -1.16. The van der Waals surface area contributed by atoms with E-state index in [-0.39, 0.29) is 5.02 Å². The summed E-state index contributed by atoms with van der Waals surface area (Å²) in [6, 6.07) is 7.32. The molecule has 0 atom stereocenters. The second-order valence-electron chi connectivity index (χ2n) is 4.08. The Balaban J connectivity index is 2.48. The summed E-state index contributed by atoms with van der Waals surface area (Å²) in [4.78, 5) is 0. The Kier molecular flexibility index (Phi) is 4.40. The Labute approximate surface area is 120 Å². The lowest BCUT2D eigenvalue weighted by Gasteiger charge is -2.09. The quantitative estimate of drug-likeness (QED) is 0.813. The highest BCUT2D eigenvalue weighted by molar-refractivity contribution is 6.34. The van der Waals surface area contributed by atoms with Gasteiger partial charge in [0.1, 0.15) is 0 Å². The zero-order valence-electron chi connectivity index (χ0n) is 10.1. The van der Waals surface area contributed by atoms with Crippen molar-refractivity contribution < 1.29 is 8.78 Å². The summed E-state index contributed by atoms with van der Waals surface area (Å²) in [5.74, 6) is -1.90. The van der Waals surface area contributed by atoms with Crippen LogP contribution in [0.2, 0.25) is 10.0 Å². The Morgan fingerprint density at radius 3 is 2.32 bits per heavy atom. The van der Waals surface area contributed by atoms with Crippen molar-refractivity contribution in [1.29, 1.82) is 0 Å². The molecule has 1 nitrogen and oxygen atoms in total. The van der Waals surface area contributed by atoms with Gasteiger partial charge in [0.15, 0.2) is 11.6 Å². The maximum Gasteiger partial charge on any atom is 0.160 e. The van der Waals surface area contributed by atoms with Gasteiger partial charge < -0.3 is 5.32 Å². The van der Waals surface area contributed by atoms with Crippen molar-refractivity contribution in [3.63, 3.8) is 0 Å². The Bertz CT molecular complexity index is 615. The molecular weight excluding hydrogens is 291 g/mol. The van der Waals surface area contributed by atoms with E-state index in [0.717, 1.165) is 17.7 Å². The standard InChI is InChI=1S/C14H11Cl2F2N/c1-19-7-9-3-2-8(4-11(9)15)10-5-13(17)14(18)6-12(10)16/h2-6,19H,7H2,1H3.